The summed E-state index contributed by atoms with van der Waals surface area (Å²) < 4.78 is 5.80. The molecule has 122 valence electrons. The highest BCUT2D eigenvalue weighted by Crippen LogP contribution is 2.45. The molecule has 2 aromatic rings. The van der Waals surface area contributed by atoms with Crippen LogP contribution in [0.25, 0.3) is 11.3 Å². The third-order valence-electron chi connectivity index (χ3n) is 5.13. The molecule has 0 unspecified atom stereocenters. The number of fused-ring (bicyclic) bond motifs is 2. The maximum absolute atomic E-state index is 5.80. The fraction of sp³-hybridized carbons (Fsp3) is 0.526. The van der Waals surface area contributed by atoms with Gasteiger partial charge in [0.1, 0.15) is 11.4 Å². The van der Waals surface area contributed by atoms with E-state index in [0.717, 1.165) is 24.5 Å². The van der Waals surface area contributed by atoms with Gasteiger partial charge in [-0.2, -0.15) is 5.10 Å². The van der Waals surface area contributed by atoms with E-state index in [4.69, 9.17) is 4.74 Å². The van der Waals surface area contributed by atoms with Gasteiger partial charge in [0, 0.05) is 24.6 Å². The van der Waals surface area contributed by atoms with E-state index in [1.54, 1.807) is 0 Å². The first kappa shape index (κ1) is 14.6. The lowest BCUT2D eigenvalue weighted by Crippen LogP contribution is -2.38. The van der Waals surface area contributed by atoms with Gasteiger partial charge < -0.3 is 9.64 Å². The minimum absolute atomic E-state index is 0.678. The van der Waals surface area contributed by atoms with Crippen molar-refractivity contribution in [3.63, 3.8) is 0 Å². The van der Waals surface area contributed by atoms with Crippen molar-refractivity contribution in [1.82, 2.24) is 10.2 Å². The fourth-order valence-corrected chi connectivity index (χ4v) is 3.80. The first-order chi connectivity index (χ1) is 11.4. The van der Waals surface area contributed by atoms with Gasteiger partial charge in [0.15, 0.2) is 0 Å². The number of hydrogen-bond donors (Lipinski definition) is 1. The Kier molecular flexibility index (Phi) is 3.98. The maximum atomic E-state index is 5.80. The van der Waals surface area contributed by atoms with E-state index in [9.17, 15) is 0 Å². The Morgan fingerprint density at radius 2 is 1.96 bits per heavy atom. The number of anilines is 1. The molecule has 1 fully saturated rings. The first-order valence-corrected chi connectivity index (χ1v) is 8.93. The average Bonchev–Trinajstić information content (AvgIpc) is 3.08. The standard InChI is InChI=1S/C19H25N3O/c1-2-3-4-13-23-16-7-5-14(6-8-16)17-19-18(21-20-17)15-9-11-22(19)12-10-15/h5-8,15H,2-4,9-13H2,1H3,(H,20,21). The van der Waals surface area contributed by atoms with Gasteiger partial charge in [-0.1, -0.05) is 19.8 Å². The van der Waals surface area contributed by atoms with Crippen LogP contribution in [-0.4, -0.2) is 29.9 Å². The molecule has 0 radical (unpaired) electrons. The van der Waals surface area contributed by atoms with Crippen LogP contribution in [0.1, 0.15) is 50.6 Å². The molecule has 23 heavy (non-hydrogen) atoms. The third-order valence-corrected chi connectivity index (χ3v) is 5.13. The number of rotatable bonds is 6. The van der Waals surface area contributed by atoms with Crippen molar-refractivity contribution in [1.29, 1.82) is 0 Å². The quantitative estimate of drug-likeness (QED) is 0.807. The van der Waals surface area contributed by atoms with Crippen molar-refractivity contribution >= 4 is 5.69 Å². The highest BCUT2D eigenvalue weighted by molar-refractivity contribution is 5.79. The van der Waals surface area contributed by atoms with E-state index in [1.165, 1.54) is 55.7 Å². The smallest absolute Gasteiger partial charge is 0.119 e. The van der Waals surface area contributed by atoms with Crippen LogP contribution in [0.5, 0.6) is 5.75 Å². The number of benzene rings is 1. The number of ether oxygens (including phenoxy) is 1. The van der Waals surface area contributed by atoms with Gasteiger partial charge in [-0.15, -0.1) is 0 Å². The van der Waals surface area contributed by atoms with Crippen LogP contribution in [0, 0.1) is 0 Å². The number of nitrogens with one attached hydrogen (secondary N) is 1. The minimum Gasteiger partial charge on any atom is -0.494 e. The predicted octanol–water partition coefficient (Wildman–Crippen LogP) is 4.34. The molecule has 5 rings (SSSR count). The number of unbranched alkanes of at least 4 members (excludes halogenated alkanes) is 2. The zero-order valence-electron chi connectivity index (χ0n) is 13.8. The Hall–Kier alpha value is -1.97. The SMILES string of the molecule is CCCCCOc1ccc(-c2n[nH]c3c2N2CCC3CC2)cc1. The van der Waals surface area contributed by atoms with E-state index in [0.29, 0.717) is 5.92 Å². The van der Waals surface area contributed by atoms with Crippen LogP contribution >= 0.6 is 0 Å². The van der Waals surface area contributed by atoms with Crippen LogP contribution in [0.2, 0.25) is 0 Å². The second-order valence-corrected chi connectivity index (χ2v) is 6.68. The Morgan fingerprint density at radius 3 is 2.70 bits per heavy atom. The molecule has 1 saturated heterocycles. The molecule has 0 aliphatic carbocycles. The highest BCUT2D eigenvalue weighted by atomic mass is 16.5. The molecule has 4 heterocycles. The Labute approximate surface area is 137 Å². The van der Waals surface area contributed by atoms with Crippen molar-refractivity contribution < 1.29 is 4.74 Å². The first-order valence-electron chi connectivity index (χ1n) is 8.93. The van der Waals surface area contributed by atoms with Crippen LogP contribution in [0.15, 0.2) is 24.3 Å². The molecular formula is C19H25N3O. The molecule has 1 aromatic heterocycles. The lowest BCUT2D eigenvalue weighted by atomic mass is 9.86. The largest absolute Gasteiger partial charge is 0.494 e. The Bertz CT molecular complexity index is 654. The summed E-state index contributed by atoms with van der Waals surface area (Å²) in [5.41, 5.74) is 4.96. The second kappa shape index (κ2) is 6.26. The summed E-state index contributed by atoms with van der Waals surface area (Å²) in [6.45, 7) is 5.36. The van der Waals surface area contributed by atoms with E-state index in [1.807, 2.05) is 0 Å². The van der Waals surface area contributed by atoms with Gasteiger partial charge in [-0.25, -0.2) is 0 Å². The van der Waals surface area contributed by atoms with E-state index < -0.39 is 0 Å². The zero-order valence-corrected chi connectivity index (χ0v) is 13.8. The van der Waals surface area contributed by atoms with Gasteiger partial charge >= 0.3 is 0 Å². The van der Waals surface area contributed by atoms with Crippen LogP contribution in [-0.2, 0) is 0 Å². The number of aromatic amines is 1. The molecule has 3 aliphatic rings. The molecule has 1 aromatic carbocycles. The summed E-state index contributed by atoms with van der Waals surface area (Å²) in [7, 11) is 0. The molecule has 4 nitrogen and oxygen atoms in total. The molecule has 2 bridgehead atoms. The normalized spacial score (nSPS) is 16.7. The average molecular weight is 311 g/mol. The van der Waals surface area contributed by atoms with Gasteiger partial charge in [0.2, 0.25) is 0 Å². The van der Waals surface area contributed by atoms with Crippen molar-refractivity contribution in [3.8, 4) is 17.0 Å². The Balaban J connectivity index is 1.51. The van der Waals surface area contributed by atoms with Gasteiger partial charge in [0.25, 0.3) is 0 Å². The number of nitrogens with zero attached hydrogens (tertiary/aromatic N) is 2. The molecular weight excluding hydrogens is 286 g/mol. The summed E-state index contributed by atoms with van der Waals surface area (Å²) in [5.74, 6) is 1.63. The monoisotopic (exact) mass is 311 g/mol. The van der Waals surface area contributed by atoms with Gasteiger partial charge in [0.05, 0.1) is 18.0 Å². The number of hydrogen-bond acceptors (Lipinski definition) is 3. The van der Waals surface area contributed by atoms with E-state index >= 15 is 0 Å². The molecule has 4 heteroatoms. The van der Waals surface area contributed by atoms with E-state index in [-0.39, 0.29) is 0 Å². The molecule has 0 amide bonds. The van der Waals surface area contributed by atoms with Gasteiger partial charge in [-0.05, 0) is 43.5 Å². The van der Waals surface area contributed by atoms with Crippen molar-refractivity contribution in [2.24, 2.45) is 0 Å². The van der Waals surface area contributed by atoms with Gasteiger partial charge in [-0.3, -0.25) is 5.10 Å². The molecule has 0 spiro atoms. The van der Waals surface area contributed by atoms with Crippen LogP contribution in [0.3, 0.4) is 0 Å². The molecule has 1 N–H and O–H groups in total. The lowest BCUT2D eigenvalue weighted by molar-refractivity contribution is 0.306. The van der Waals surface area contributed by atoms with Crippen LogP contribution < -0.4 is 9.64 Å². The maximum Gasteiger partial charge on any atom is 0.119 e. The van der Waals surface area contributed by atoms with Crippen molar-refractivity contribution in [2.75, 3.05) is 24.6 Å². The summed E-state index contributed by atoms with van der Waals surface area (Å²) in [5, 5.41) is 7.91. The third kappa shape index (κ3) is 2.71. The number of piperidine rings is 1. The molecule has 3 aliphatic heterocycles. The van der Waals surface area contributed by atoms with Crippen LogP contribution in [0.4, 0.5) is 5.69 Å². The zero-order chi connectivity index (χ0) is 15.6. The van der Waals surface area contributed by atoms with E-state index in [2.05, 4.69) is 46.3 Å². The lowest BCUT2D eigenvalue weighted by Gasteiger charge is -2.40. The minimum atomic E-state index is 0.678. The van der Waals surface area contributed by atoms with Crippen molar-refractivity contribution in [2.45, 2.75) is 44.9 Å². The predicted molar refractivity (Wildman–Crippen MR) is 93.2 cm³/mol. The number of aromatic nitrogens is 2. The topological polar surface area (TPSA) is 41.1 Å². The number of H-pyrrole nitrogens is 1. The summed E-state index contributed by atoms with van der Waals surface area (Å²) >= 11 is 0. The second-order valence-electron chi connectivity index (χ2n) is 6.68. The summed E-state index contributed by atoms with van der Waals surface area (Å²) in [6, 6.07) is 8.40. The summed E-state index contributed by atoms with van der Waals surface area (Å²) in [4.78, 5) is 2.49. The highest BCUT2D eigenvalue weighted by Gasteiger charge is 2.35. The van der Waals surface area contributed by atoms with Crippen molar-refractivity contribution in [3.05, 3.63) is 30.0 Å². The Morgan fingerprint density at radius 1 is 1.17 bits per heavy atom. The molecule has 0 atom stereocenters. The summed E-state index contributed by atoms with van der Waals surface area (Å²) in [6.07, 6.45) is 6.11. The molecule has 0 saturated carbocycles. The fourth-order valence-electron chi connectivity index (χ4n) is 3.80.